The molecule has 0 atom stereocenters. The van der Waals surface area contributed by atoms with E-state index >= 15 is 0 Å². The van der Waals surface area contributed by atoms with E-state index in [-0.39, 0.29) is 0 Å². The van der Waals surface area contributed by atoms with E-state index in [1.54, 1.807) is 0 Å². The first-order chi connectivity index (χ1) is 17.0. The quantitative estimate of drug-likeness (QED) is 0.173. The summed E-state index contributed by atoms with van der Waals surface area (Å²) in [6.07, 6.45) is 0.833. The minimum atomic E-state index is -0.392. The molecule has 0 saturated heterocycles. The number of carbonyl (C=O) groups is 1. The topological polar surface area (TPSA) is 39.2 Å². The Kier molecular flexibility index (Phi) is 6.47. The number of halogens is 1. The highest BCUT2D eigenvalue weighted by Gasteiger charge is 2.18. The van der Waals surface area contributed by atoms with Gasteiger partial charge in [-0.1, -0.05) is 82.2 Å². The molecule has 4 heteroatoms. The number of aromatic nitrogens is 1. The standard InChI is InChI=1S/C31H24BrNO2/c1-20-16-21(2)30-27(17-20)28(19-29(33-30)24-10-12-25(32)13-11-24)31(34)35-26-14-8-23(9-15-26)18-22-6-4-3-5-7-22/h3-17,19H,18H2,1-2H3. The van der Waals surface area contributed by atoms with E-state index in [2.05, 4.69) is 34.1 Å². The number of nitrogens with zero attached hydrogens (tertiary/aromatic N) is 1. The number of rotatable bonds is 5. The average molecular weight is 522 g/mol. The van der Waals surface area contributed by atoms with E-state index in [1.807, 2.05) is 92.7 Å². The molecule has 4 aromatic carbocycles. The van der Waals surface area contributed by atoms with Gasteiger partial charge in [0.25, 0.3) is 0 Å². The van der Waals surface area contributed by atoms with Gasteiger partial charge in [-0.3, -0.25) is 0 Å². The van der Waals surface area contributed by atoms with Crippen LogP contribution >= 0.6 is 15.9 Å². The van der Waals surface area contributed by atoms with Gasteiger partial charge in [-0.25, -0.2) is 9.78 Å². The van der Waals surface area contributed by atoms with Crippen LogP contribution in [0.3, 0.4) is 0 Å². The van der Waals surface area contributed by atoms with Crippen molar-refractivity contribution < 1.29 is 9.53 Å². The summed E-state index contributed by atoms with van der Waals surface area (Å²) in [5.41, 5.74) is 7.50. The molecule has 0 fully saturated rings. The van der Waals surface area contributed by atoms with Crippen molar-refractivity contribution in [2.24, 2.45) is 0 Å². The van der Waals surface area contributed by atoms with Crippen molar-refractivity contribution in [1.82, 2.24) is 4.98 Å². The molecule has 0 aliphatic carbocycles. The predicted octanol–water partition coefficient (Wildman–Crippen LogP) is 8.09. The number of fused-ring (bicyclic) bond motifs is 1. The molecule has 0 amide bonds. The molecule has 0 radical (unpaired) electrons. The van der Waals surface area contributed by atoms with Gasteiger partial charge in [0.2, 0.25) is 0 Å². The molecule has 0 aliphatic heterocycles. The lowest BCUT2D eigenvalue weighted by molar-refractivity contribution is 0.0737. The first-order valence-electron chi connectivity index (χ1n) is 11.5. The van der Waals surface area contributed by atoms with E-state index in [9.17, 15) is 4.79 Å². The van der Waals surface area contributed by atoms with Gasteiger partial charge in [0.15, 0.2) is 0 Å². The molecular formula is C31H24BrNO2. The van der Waals surface area contributed by atoms with E-state index in [0.29, 0.717) is 11.3 Å². The summed E-state index contributed by atoms with van der Waals surface area (Å²) in [6.45, 7) is 4.05. The summed E-state index contributed by atoms with van der Waals surface area (Å²) in [7, 11) is 0. The minimum Gasteiger partial charge on any atom is -0.423 e. The molecular weight excluding hydrogens is 498 g/mol. The van der Waals surface area contributed by atoms with Crippen LogP contribution in [-0.4, -0.2) is 11.0 Å². The lowest BCUT2D eigenvalue weighted by Crippen LogP contribution is -2.10. The maximum Gasteiger partial charge on any atom is 0.344 e. The molecule has 1 heterocycles. The van der Waals surface area contributed by atoms with Crippen LogP contribution < -0.4 is 4.74 Å². The number of esters is 1. The number of benzene rings is 4. The number of aryl methyl sites for hydroxylation is 2. The van der Waals surface area contributed by atoms with Gasteiger partial charge in [-0.2, -0.15) is 0 Å². The molecule has 0 spiro atoms. The predicted molar refractivity (Wildman–Crippen MR) is 145 cm³/mol. The summed E-state index contributed by atoms with van der Waals surface area (Å²) in [5.74, 6) is 0.128. The Bertz CT molecular complexity index is 1510. The fraction of sp³-hybridized carbons (Fsp3) is 0.0968. The number of hydrogen-bond donors (Lipinski definition) is 0. The number of ether oxygens (including phenoxy) is 1. The van der Waals surface area contributed by atoms with Crippen LogP contribution in [0.2, 0.25) is 0 Å². The highest BCUT2D eigenvalue weighted by atomic mass is 79.9. The van der Waals surface area contributed by atoms with Gasteiger partial charge in [0.05, 0.1) is 16.8 Å². The third-order valence-electron chi connectivity index (χ3n) is 5.99. The van der Waals surface area contributed by atoms with Crippen molar-refractivity contribution in [2.45, 2.75) is 20.3 Å². The number of pyridine rings is 1. The zero-order valence-electron chi connectivity index (χ0n) is 19.6. The van der Waals surface area contributed by atoms with Crippen molar-refractivity contribution in [2.75, 3.05) is 0 Å². The molecule has 0 aliphatic rings. The van der Waals surface area contributed by atoms with Crippen LogP contribution in [0.15, 0.2) is 102 Å². The summed E-state index contributed by atoms with van der Waals surface area (Å²) in [6, 6.07) is 31.8. The molecule has 0 N–H and O–H groups in total. The van der Waals surface area contributed by atoms with Crippen LogP contribution in [0.5, 0.6) is 5.75 Å². The van der Waals surface area contributed by atoms with Gasteiger partial charge in [-0.15, -0.1) is 0 Å². The first kappa shape index (κ1) is 23.0. The Morgan fingerprint density at radius 3 is 2.23 bits per heavy atom. The second-order valence-electron chi connectivity index (χ2n) is 8.74. The molecule has 5 aromatic rings. The molecule has 0 unspecified atom stereocenters. The second kappa shape index (κ2) is 9.85. The van der Waals surface area contributed by atoms with Crippen molar-refractivity contribution in [3.05, 3.63) is 129 Å². The number of hydrogen-bond acceptors (Lipinski definition) is 3. The van der Waals surface area contributed by atoms with Crippen molar-refractivity contribution in [3.8, 4) is 17.0 Å². The monoisotopic (exact) mass is 521 g/mol. The van der Waals surface area contributed by atoms with Crippen LogP contribution in [0, 0.1) is 13.8 Å². The van der Waals surface area contributed by atoms with Gasteiger partial charge >= 0.3 is 5.97 Å². The maximum absolute atomic E-state index is 13.4. The van der Waals surface area contributed by atoms with Crippen molar-refractivity contribution in [3.63, 3.8) is 0 Å². The van der Waals surface area contributed by atoms with Crippen LogP contribution in [0.4, 0.5) is 0 Å². The molecule has 0 saturated carbocycles. The summed E-state index contributed by atoms with van der Waals surface area (Å²) in [4.78, 5) is 18.3. The van der Waals surface area contributed by atoms with E-state index in [1.165, 1.54) is 5.56 Å². The highest BCUT2D eigenvalue weighted by Crippen LogP contribution is 2.29. The smallest absolute Gasteiger partial charge is 0.344 e. The third kappa shape index (κ3) is 5.18. The number of carbonyl (C=O) groups excluding carboxylic acids is 1. The van der Waals surface area contributed by atoms with Crippen molar-refractivity contribution >= 4 is 32.8 Å². The molecule has 35 heavy (non-hydrogen) atoms. The molecule has 172 valence electrons. The van der Waals surface area contributed by atoms with E-state index < -0.39 is 5.97 Å². The van der Waals surface area contributed by atoms with Crippen LogP contribution in [-0.2, 0) is 6.42 Å². The van der Waals surface area contributed by atoms with Gasteiger partial charge < -0.3 is 4.74 Å². The Hall–Kier alpha value is -3.76. The van der Waals surface area contributed by atoms with Crippen LogP contribution in [0.1, 0.15) is 32.6 Å². The lowest BCUT2D eigenvalue weighted by atomic mass is 10.00. The van der Waals surface area contributed by atoms with Crippen LogP contribution in [0.25, 0.3) is 22.2 Å². The van der Waals surface area contributed by atoms with Gasteiger partial charge in [0, 0.05) is 15.4 Å². The summed E-state index contributed by atoms with van der Waals surface area (Å²) < 4.78 is 6.82. The van der Waals surface area contributed by atoms with E-state index in [4.69, 9.17) is 9.72 Å². The Balaban J connectivity index is 1.48. The highest BCUT2D eigenvalue weighted by molar-refractivity contribution is 9.10. The van der Waals surface area contributed by atoms with E-state index in [0.717, 1.165) is 49.7 Å². The zero-order chi connectivity index (χ0) is 24.4. The lowest BCUT2D eigenvalue weighted by Gasteiger charge is -2.13. The maximum atomic E-state index is 13.4. The van der Waals surface area contributed by atoms with Gasteiger partial charge in [-0.05, 0) is 73.4 Å². The fourth-order valence-electron chi connectivity index (χ4n) is 4.29. The average Bonchev–Trinajstić information content (AvgIpc) is 2.86. The molecule has 1 aromatic heterocycles. The van der Waals surface area contributed by atoms with Gasteiger partial charge in [0.1, 0.15) is 5.75 Å². The SMILES string of the molecule is Cc1cc(C)c2nc(-c3ccc(Br)cc3)cc(C(=O)Oc3ccc(Cc4ccccc4)cc3)c2c1. The minimum absolute atomic E-state index is 0.392. The summed E-state index contributed by atoms with van der Waals surface area (Å²) in [5, 5.41) is 0.800. The molecule has 0 bridgehead atoms. The Morgan fingerprint density at radius 1 is 0.829 bits per heavy atom. The second-order valence-corrected chi connectivity index (χ2v) is 9.65. The molecule has 3 nitrogen and oxygen atoms in total. The fourth-order valence-corrected chi connectivity index (χ4v) is 4.55. The Labute approximate surface area is 213 Å². The largest absolute Gasteiger partial charge is 0.423 e. The Morgan fingerprint density at radius 2 is 1.51 bits per heavy atom. The molecule has 5 rings (SSSR count). The first-order valence-corrected chi connectivity index (χ1v) is 12.3. The normalized spacial score (nSPS) is 10.9. The summed E-state index contributed by atoms with van der Waals surface area (Å²) >= 11 is 3.48. The zero-order valence-corrected chi connectivity index (χ0v) is 21.2. The van der Waals surface area contributed by atoms with Crippen molar-refractivity contribution in [1.29, 1.82) is 0 Å². The third-order valence-corrected chi connectivity index (χ3v) is 6.52.